The summed E-state index contributed by atoms with van der Waals surface area (Å²) < 4.78 is 39.2. The van der Waals surface area contributed by atoms with E-state index in [2.05, 4.69) is 9.44 Å². The van der Waals surface area contributed by atoms with Crippen molar-refractivity contribution in [2.24, 2.45) is 5.16 Å². The number of aliphatic hydroxyl groups is 4. The van der Waals surface area contributed by atoms with Gasteiger partial charge in [0.05, 0.1) is 6.61 Å². The predicted molar refractivity (Wildman–Crippen MR) is 85.6 cm³/mol. The van der Waals surface area contributed by atoms with E-state index in [0.29, 0.717) is 12.8 Å². The third kappa shape index (κ3) is 6.80. The Bertz CT molecular complexity index is 511. The Kier molecular flexibility index (Phi) is 8.87. The van der Waals surface area contributed by atoms with Crippen LogP contribution in [0.3, 0.4) is 0 Å². The zero-order valence-electron chi connectivity index (χ0n) is 13.1. The van der Waals surface area contributed by atoms with Gasteiger partial charge in [-0.25, -0.2) is 4.28 Å². The average Bonchev–Trinajstić information content (AvgIpc) is 2.52. The molecule has 5 N–H and O–H groups in total. The number of rotatable bonds is 8. The van der Waals surface area contributed by atoms with Crippen LogP contribution < -0.4 is 0 Å². The number of aliphatic hydroxyl groups excluding tert-OH is 4. The first kappa shape index (κ1) is 21.6. The van der Waals surface area contributed by atoms with E-state index in [9.17, 15) is 23.7 Å². The SMILES string of the molecule is CCCCC/C(=N\OS(=O)(=O)O)S[C@H]1O[C@@H](CO)[C@H](O)[C@H](O)[C@H]1O. The van der Waals surface area contributed by atoms with Gasteiger partial charge in [0.2, 0.25) is 0 Å². The number of nitrogens with zero attached hydrogens (tertiary/aromatic N) is 1. The van der Waals surface area contributed by atoms with Crippen LogP contribution in [0, 0.1) is 0 Å². The van der Waals surface area contributed by atoms with Gasteiger partial charge in [-0.15, -0.1) is 0 Å². The second-order valence-electron chi connectivity index (χ2n) is 5.26. The van der Waals surface area contributed by atoms with E-state index in [-0.39, 0.29) is 5.04 Å². The molecule has 0 spiro atoms. The van der Waals surface area contributed by atoms with Crippen molar-refractivity contribution in [1.82, 2.24) is 0 Å². The van der Waals surface area contributed by atoms with Crippen molar-refractivity contribution in [3.8, 4) is 0 Å². The molecule has 0 bridgehead atoms. The Morgan fingerprint density at radius 1 is 1.21 bits per heavy atom. The molecular formula is C12H23NO9S2. The first-order valence-corrected chi connectivity index (χ1v) is 9.64. The van der Waals surface area contributed by atoms with E-state index >= 15 is 0 Å². The normalized spacial score (nSPS) is 31.9. The Hall–Kier alpha value is -0.470. The minimum absolute atomic E-state index is 0.116. The third-order valence-corrected chi connectivity index (χ3v) is 4.76. The summed E-state index contributed by atoms with van der Waals surface area (Å²) in [6, 6.07) is 0. The van der Waals surface area contributed by atoms with Crippen LogP contribution >= 0.6 is 11.8 Å². The molecule has 1 aliphatic rings. The second-order valence-corrected chi connectivity index (χ2v) is 7.44. The zero-order chi connectivity index (χ0) is 18.3. The van der Waals surface area contributed by atoms with E-state index in [1.807, 2.05) is 6.92 Å². The van der Waals surface area contributed by atoms with Crippen LogP contribution in [0.15, 0.2) is 5.16 Å². The first-order valence-electron chi connectivity index (χ1n) is 7.39. The Labute approximate surface area is 144 Å². The van der Waals surface area contributed by atoms with Gasteiger partial charge in [0.1, 0.15) is 34.9 Å². The number of thioether (sulfide) groups is 1. The van der Waals surface area contributed by atoms with Crippen molar-refractivity contribution in [3.05, 3.63) is 0 Å². The molecule has 0 aromatic heterocycles. The fourth-order valence-electron chi connectivity index (χ4n) is 2.04. The number of ether oxygens (including phenoxy) is 1. The zero-order valence-corrected chi connectivity index (χ0v) is 14.7. The van der Waals surface area contributed by atoms with Gasteiger partial charge in [0, 0.05) is 0 Å². The minimum Gasteiger partial charge on any atom is -0.394 e. The standard InChI is InChI=1S/C12H23NO9S2/c1-2-3-4-5-8(13-22-24(18,19)20)23-12-11(17)10(16)9(15)7(6-14)21-12/h7,9-12,14-17H,2-6H2,1H3,(H,18,19,20)/b13-8+/t7-,9-,10-,11+,12+/m0/s1. The summed E-state index contributed by atoms with van der Waals surface area (Å²) in [5, 5.41) is 42.0. The van der Waals surface area contributed by atoms with E-state index in [1.54, 1.807) is 0 Å². The van der Waals surface area contributed by atoms with Gasteiger partial charge in [0.25, 0.3) is 0 Å². The highest BCUT2D eigenvalue weighted by molar-refractivity contribution is 8.14. The van der Waals surface area contributed by atoms with Crippen molar-refractivity contribution < 1.29 is 42.4 Å². The summed E-state index contributed by atoms with van der Waals surface area (Å²) in [5.41, 5.74) is -1.11. The summed E-state index contributed by atoms with van der Waals surface area (Å²) in [7, 11) is -4.77. The number of unbranched alkanes of at least 4 members (excludes halogenated alkanes) is 2. The van der Waals surface area contributed by atoms with E-state index in [1.165, 1.54) is 0 Å². The van der Waals surface area contributed by atoms with Gasteiger partial charge in [-0.1, -0.05) is 36.7 Å². The molecule has 1 rings (SSSR count). The first-order chi connectivity index (χ1) is 11.2. The monoisotopic (exact) mass is 389 g/mol. The molecule has 0 aromatic carbocycles. The summed E-state index contributed by atoms with van der Waals surface area (Å²) in [5.74, 6) is 0. The second kappa shape index (κ2) is 9.87. The van der Waals surface area contributed by atoms with Gasteiger partial charge < -0.3 is 25.2 Å². The maximum absolute atomic E-state index is 10.6. The maximum atomic E-state index is 10.6. The van der Waals surface area contributed by atoms with Gasteiger partial charge in [0.15, 0.2) is 0 Å². The van der Waals surface area contributed by atoms with Crippen LogP contribution in [0.4, 0.5) is 0 Å². The van der Waals surface area contributed by atoms with Gasteiger partial charge >= 0.3 is 10.4 Å². The highest BCUT2D eigenvalue weighted by Gasteiger charge is 2.44. The molecule has 0 aromatic rings. The average molecular weight is 389 g/mol. The molecule has 1 saturated heterocycles. The molecule has 0 amide bonds. The van der Waals surface area contributed by atoms with Crippen LogP contribution in [0.1, 0.15) is 32.6 Å². The summed E-state index contributed by atoms with van der Waals surface area (Å²) in [6.45, 7) is 1.39. The van der Waals surface area contributed by atoms with Crippen molar-refractivity contribution in [2.75, 3.05) is 6.61 Å². The predicted octanol–water partition coefficient (Wildman–Crippen LogP) is -0.767. The third-order valence-electron chi connectivity index (χ3n) is 3.33. The molecule has 1 heterocycles. The summed E-state index contributed by atoms with van der Waals surface area (Å²) in [6.07, 6.45) is -2.94. The van der Waals surface area contributed by atoms with Crippen molar-refractivity contribution >= 4 is 27.2 Å². The highest BCUT2D eigenvalue weighted by atomic mass is 32.3. The lowest BCUT2D eigenvalue weighted by molar-refractivity contribution is -0.205. The van der Waals surface area contributed by atoms with Gasteiger partial charge in [-0.3, -0.25) is 4.55 Å². The van der Waals surface area contributed by atoms with E-state index in [0.717, 1.165) is 24.6 Å². The molecule has 5 atom stereocenters. The topological polar surface area (TPSA) is 166 Å². The van der Waals surface area contributed by atoms with Crippen molar-refractivity contribution in [3.63, 3.8) is 0 Å². The fraction of sp³-hybridized carbons (Fsp3) is 0.917. The highest BCUT2D eigenvalue weighted by Crippen LogP contribution is 2.30. The molecule has 24 heavy (non-hydrogen) atoms. The molecule has 0 unspecified atom stereocenters. The lowest BCUT2D eigenvalue weighted by atomic mass is 10.0. The lowest BCUT2D eigenvalue weighted by Crippen LogP contribution is -2.57. The molecule has 12 heteroatoms. The molecule has 0 radical (unpaired) electrons. The van der Waals surface area contributed by atoms with Gasteiger partial charge in [-0.05, 0) is 12.8 Å². The van der Waals surface area contributed by atoms with Crippen molar-refractivity contribution in [1.29, 1.82) is 0 Å². The van der Waals surface area contributed by atoms with Crippen LogP contribution in [0.25, 0.3) is 0 Å². The Balaban J connectivity index is 2.82. The Morgan fingerprint density at radius 3 is 2.42 bits per heavy atom. The largest absolute Gasteiger partial charge is 0.466 e. The van der Waals surface area contributed by atoms with Crippen LogP contribution in [-0.2, 0) is 19.4 Å². The lowest BCUT2D eigenvalue weighted by Gasteiger charge is -2.39. The minimum atomic E-state index is -4.77. The van der Waals surface area contributed by atoms with Gasteiger partial charge in [-0.2, -0.15) is 8.42 Å². The summed E-state index contributed by atoms with van der Waals surface area (Å²) >= 11 is 0.785. The Morgan fingerprint density at radius 2 is 1.88 bits per heavy atom. The molecule has 0 saturated carbocycles. The molecule has 1 aliphatic heterocycles. The van der Waals surface area contributed by atoms with Crippen LogP contribution in [-0.4, -0.2) is 74.9 Å². The summed E-state index contributed by atoms with van der Waals surface area (Å²) in [4.78, 5) is 0. The molecule has 10 nitrogen and oxygen atoms in total. The number of hydrogen-bond donors (Lipinski definition) is 5. The molecular weight excluding hydrogens is 366 g/mol. The molecule has 1 fully saturated rings. The molecule has 142 valence electrons. The quantitative estimate of drug-likeness (QED) is 0.117. The molecule has 0 aliphatic carbocycles. The number of hydrogen-bond acceptors (Lipinski definition) is 10. The van der Waals surface area contributed by atoms with E-state index in [4.69, 9.17) is 14.4 Å². The van der Waals surface area contributed by atoms with Crippen LogP contribution in [0.5, 0.6) is 0 Å². The fourth-order valence-corrected chi connectivity index (χ4v) is 3.38. The smallest absolute Gasteiger partial charge is 0.394 e. The van der Waals surface area contributed by atoms with Crippen LogP contribution in [0.2, 0.25) is 0 Å². The van der Waals surface area contributed by atoms with E-state index < -0.39 is 46.9 Å². The van der Waals surface area contributed by atoms with Crippen molar-refractivity contribution in [2.45, 2.75) is 62.5 Å². The number of oxime groups is 1. The maximum Gasteiger partial charge on any atom is 0.466 e.